The number of amides is 1. The molecule has 1 aliphatic rings. The number of thioether (sulfide) groups is 1. The Bertz CT molecular complexity index is 1270. The first-order valence-corrected chi connectivity index (χ1v) is 11.5. The van der Waals surface area contributed by atoms with Crippen molar-refractivity contribution >= 4 is 51.3 Å². The van der Waals surface area contributed by atoms with Gasteiger partial charge in [0, 0.05) is 12.6 Å². The van der Waals surface area contributed by atoms with Crippen LogP contribution >= 0.6 is 11.8 Å². The van der Waals surface area contributed by atoms with Gasteiger partial charge in [0.05, 0.1) is 29.4 Å². The van der Waals surface area contributed by atoms with E-state index in [4.69, 9.17) is 9.47 Å². The molecule has 168 valence electrons. The molecule has 0 aromatic heterocycles. The summed E-state index contributed by atoms with van der Waals surface area (Å²) in [6, 6.07) is 18.8. The van der Waals surface area contributed by atoms with Crippen molar-refractivity contribution < 1.29 is 19.1 Å². The van der Waals surface area contributed by atoms with Gasteiger partial charge in [0.2, 0.25) is 0 Å². The first-order chi connectivity index (χ1) is 16.0. The fourth-order valence-corrected chi connectivity index (χ4v) is 4.45. The lowest BCUT2D eigenvalue weighted by Gasteiger charge is -2.11. The molecule has 1 saturated heterocycles. The van der Waals surface area contributed by atoms with E-state index in [9.17, 15) is 9.59 Å². The Morgan fingerprint density at radius 3 is 2.52 bits per heavy atom. The third-order valence-corrected chi connectivity index (χ3v) is 6.17. The number of esters is 1. The molecule has 0 bridgehead atoms. The van der Waals surface area contributed by atoms with E-state index in [1.807, 2.05) is 49.4 Å². The highest BCUT2D eigenvalue weighted by Crippen LogP contribution is 2.37. The maximum atomic E-state index is 13.0. The molecule has 0 spiro atoms. The first-order valence-electron chi connectivity index (χ1n) is 10.7. The van der Waals surface area contributed by atoms with Gasteiger partial charge in [-0.1, -0.05) is 30.3 Å². The Hall–Kier alpha value is -3.58. The zero-order valence-corrected chi connectivity index (χ0v) is 19.5. The van der Waals surface area contributed by atoms with Gasteiger partial charge in [0.1, 0.15) is 5.75 Å². The average Bonchev–Trinajstić information content (AvgIpc) is 3.09. The van der Waals surface area contributed by atoms with Crippen LogP contribution in [0.25, 0.3) is 16.8 Å². The molecule has 3 aromatic rings. The zero-order chi connectivity index (χ0) is 23.4. The molecule has 4 rings (SSSR count). The maximum absolute atomic E-state index is 13.0. The lowest BCUT2D eigenvalue weighted by Crippen LogP contribution is -2.23. The van der Waals surface area contributed by atoms with Crippen LogP contribution in [0.4, 0.5) is 5.69 Å². The van der Waals surface area contributed by atoms with Gasteiger partial charge in [-0.15, -0.1) is 0 Å². The summed E-state index contributed by atoms with van der Waals surface area (Å²) in [7, 11) is 1.70. The highest BCUT2D eigenvalue weighted by atomic mass is 32.2. The number of carbonyl (C=O) groups is 2. The van der Waals surface area contributed by atoms with Gasteiger partial charge >= 0.3 is 5.97 Å². The molecule has 0 N–H and O–H groups in total. The van der Waals surface area contributed by atoms with E-state index in [0.717, 1.165) is 22.1 Å². The zero-order valence-electron chi connectivity index (χ0n) is 18.7. The molecule has 1 aliphatic heterocycles. The summed E-state index contributed by atoms with van der Waals surface area (Å²) in [5.41, 5.74) is 1.98. The summed E-state index contributed by atoms with van der Waals surface area (Å²) in [5, 5.41) is 2.66. The monoisotopic (exact) mass is 460 g/mol. The number of rotatable bonds is 6. The quantitative estimate of drug-likeness (QED) is 0.351. The SMILES string of the molecule is CCOC(=O)c1ccc(N=C2SC(=Cc3c(OCC)ccc4ccccc34)C(=O)N2C)cc1. The second kappa shape index (κ2) is 9.92. The van der Waals surface area contributed by atoms with Gasteiger partial charge < -0.3 is 9.47 Å². The second-order valence-corrected chi connectivity index (χ2v) is 8.28. The number of fused-ring (bicyclic) bond motifs is 1. The molecule has 1 fully saturated rings. The van der Waals surface area contributed by atoms with E-state index in [0.29, 0.717) is 34.5 Å². The van der Waals surface area contributed by atoms with Crippen molar-refractivity contribution in [3.63, 3.8) is 0 Å². The minimum atomic E-state index is -0.371. The number of aliphatic imine (C=N–C) groups is 1. The first kappa shape index (κ1) is 22.6. The molecule has 3 aromatic carbocycles. The smallest absolute Gasteiger partial charge is 0.338 e. The van der Waals surface area contributed by atoms with Crippen LogP contribution in [0.5, 0.6) is 5.75 Å². The third-order valence-electron chi connectivity index (χ3n) is 5.11. The van der Waals surface area contributed by atoms with Crippen molar-refractivity contribution in [1.29, 1.82) is 0 Å². The Kier molecular flexibility index (Phi) is 6.79. The third kappa shape index (κ3) is 4.78. The van der Waals surface area contributed by atoms with E-state index in [1.54, 1.807) is 38.2 Å². The standard InChI is InChI=1S/C26H24N2O4S/c1-4-31-22-15-12-17-8-6-7-9-20(17)21(22)16-23-24(29)28(3)26(33-23)27-19-13-10-18(11-14-19)25(30)32-5-2/h6-16H,4-5H2,1-3H3. The van der Waals surface area contributed by atoms with Gasteiger partial charge in [-0.2, -0.15) is 0 Å². The topological polar surface area (TPSA) is 68.2 Å². The summed E-state index contributed by atoms with van der Waals surface area (Å²) in [4.78, 5) is 31.5. The molecule has 0 saturated carbocycles. The lowest BCUT2D eigenvalue weighted by molar-refractivity contribution is -0.121. The Morgan fingerprint density at radius 1 is 1.03 bits per heavy atom. The predicted octanol–water partition coefficient (Wildman–Crippen LogP) is 5.65. The predicted molar refractivity (Wildman–Crippen MR) is 133 cm³/mol. The molecule has 0 unspecified atom stereocenters. The highest BCUT2D eigenvalue weighted by Gasteiger charge is 2.31. The van der Waals surface area contributed by atoms with Gasteiger partial charge in [0.25, 0.3) is 5.91 Å². The van der Waals surface area contributed by atoms with Crippen LogP contribution in [0.3, 0.4) is 0 Å². The lowest BCUT2D eigenvalue weighted by atomic mass is 10.0. The highest BCUT2D eigenvalue weighted by molar-refractivity contribution is 8.18. The van der Waals surface area contributed by atoms with E-state index in [2.05, 4.69) is 4.99 Å². The van der Waals surface area contributed by atoms with E-state index >= 15 is 0 Å². The van der Waals surface area contributed by atoms with Gasteiger partial charge in [-0.25, -0.2) is 9.79 Å². The number of hydrogen-bond acceptors (Lipinski definition) is 6. The number of ether oxygens (including phenoxy) is 2. The van der Waals surface area contributed by atoms with Crippen molar-refractivity contribution in [2.45, 2.75) is 13.8 Å². The summed E-state index contributed by atoms with van der Waals surface area (Å²) in [5.74, 6) is 0.238. The van der Waals surface area contributed by atoms with Crippen molar-refractivity contribution in [3.05, 3.63) is 76.7 Å². The summed E-state index contributed by atoms with van der Waals surface area (Å²) < 4.78 is 10.9. The minimum Gasteiger partial charge on any atom is -0.493 e. The van der Waals surface area contributed by atoms with E-state index in [-0.39, 0.29) is 11.9 Å². The molecular formula is C26H24N2O4S. The number of hydrogen-bond donors (Lipinski definition) is 0. The number of benzene rings is 3. The molecule has 0 atom stereocenters. The fraction of sp³-hybridized carbons (Fsp3) is 0.192. The molecule has 1 amide bonds. The van der Waals surface area contributed by atoms with Crippen LogP contribution in [-0.2, 0) is 9.53 Å². The molecule has 7 heteroatoms. The van der Waals surface area contributed by atoms with Crippen LogP contribution in [0.15, 0.2) is 70.6 Å². The minimum absolute atomic E-state index is 0.128. The van der Waals surface area contributed by atoms with Gasteiger partial charge in [-0.3, -0.25) is 9.69 Å². The largest absolute Gasteiger partial charge is 0.493 e. The molecule has 0 aliphatic carbocycles. The Labute approximate surface area is 196 Å². The Morgan fingerprint density at radius 2 is 1.79 bits per heavy atom. The molecule has 33 heavy (non-hydrogen) atoms. The maximum Gasteiger partial charge on any atom is 0.338 e. The van der Waals surface area contributed by atoms with Gasteiger partial charge in [0.15, 0.2) is 5.17 Å². The van der Waals surface area contributed by atoms with Crippen LogP contribution in [0.2, 0.25) is 0 Å². The van der Waals surface area contributed by atoms with E-state index < -0.39 is 0 Å². The molecule has 6 nitrogen and oxygen atoms in total. The van der Waals surface area contributed by atoms with Crippen LogP contribution < -0.4 is 4.74 Å². The Balaban J connectivity index is 1.66. The molecule has 0 radical (unpaired) electrons. The number of carbonyl (C=O) groups excluding carboxylic acids is 2. The normalized spacial score (nSPS) is 16.1. The van der Waals surface area contributed by atoms with Crippen LogP contribution in [0.1, 0.15) is 29.8 Å². The van der Waals surface area contributed by atoms with Gasteiger partial charge in [-0.05, 0) is 72.8 Å². The number of amidine groups is 1. The van der Waals surface area contributed by atoms with E-state index in [1.165, 1.54) is 16.7 Å². The van der Waals surface area contributed by atoms with Crippen LogP contribution in [-0.4, -0.2) is 42.2 Å². The summed E-state index contributed by atoms with van der Waals surface area (Å²) in [6.07, 6.45) is 1.88. The molecule has 1 heterocycles. The average molecular weight is 461 g/mol. The van der Waals surface area contributed by atoms with Crippen molar-refractivity contribution in [2.24, 2.45) is 4.99 Å². The summed E-state index contributed by atoms with van der Waals surface area (Å²) in [6.45, 7) is 4.56. The van der Waals surface area contributed by atoms with Crippen LogP contribution in [0, 0.1) is 0 Å². The molecular weight excluding hydrogens is 436 g/mol. The van der Waals surface area contributed by atoms with Crippen molar-refractivity contribution in [2.75, 3.05) is 20.3 Å². The van der Waals surface area contributed by atoms with Crippen molar-refractivity contribution in [3.8, 4) is 5.75 Å². The van der Waals surface area contributed by atoms with Crippen molar-refractivity contribution in [1.82, 2.24) is 4.90 Å². The fourth-order valence-electron chi connectivity index (χ4n) is 3.49. The summed E-state index contributed by atoms with van der Waals surface area (Å²) >= 11 is 1.31. The number of nitrogens with zero attached hydrogens (tertiary/aromatic N) is 2. The number of likely N-dealkylation sites (N-methyl/N-ethyl adjacent to an activating group) is 1. The second-order valence-electron chi connectivity index (χ2n) is 7.27.